The number of aryl methyl sites for hydroxylation is 1. The lowest BCUT2D eigenvalue weighted by Crippen LogP contribution is -2.42. The summed E-state index contributed by atoms with van der Waals surface area (Å²) in [5, 5.41) is 5.59. The van der Waals surface area contributed by atoms with Gasteiger partial charge >= 0.3 is 6.18 Å². The molecule has 1 N–H and O–H groups in total. The number of alkyl halides is 3. The Kier molecular flexibility index (Phi) is 4.00. The molecule has 0 amide bonds. The number of aromatic nitrogens is 2. The van der Waals surface area contributed by atoms with Crippen LogP contribution in [0.2, 0.25) is 0 Å². The zero-order chi connectivity index (χ0) is 17.8. The maximum atomic E-state index is 12.7. The van der Waals surface area contributed by atoms with Crippen LogP contribution in [-0.4, -0.2) is 48.1 Å². The monoisotopic (exact) mass is 367 g/mol. The number of ketones is 1. The fourth-order valence-corrected chi connectivity index (χ4v) is 4.78. The first kappa shape index (κ1) is 17.4. The van der Waals surface area contributed by atoms with Gasteiger partial charge in [-0.05, 0) is 25.9 Å². The highest BCUT2D eigenvalue weighted by Crippen LogP contribution is 2.39. The second kappa shape index (κ2) is 5.53. The molecule has 134 valence electrons. The molecule has 2 aliphatic heterocycles. The topological polar surface area (TPSA) is 90.3 Å². The number of hydrogen-bond acceptors (Lipinski definition) is 6. The van der Waals surface area contributed by atoms with Gasteiger partial charge in [0.15, 0.2) is 16.5 Å². The maximum absolute atomic E-state index is 12.7. The van der Waals surface area contributed by atoms with Gasteiger partial charge in [-0.2, -0.15) is 18.3 Å². The molecule has 0 saturated carbocycles. The highest BCUT2D eigenvalue weighted by Gasteiger charge is 2.52. The minimum Gasteiger partial charge on any atom is -0.347 e. The first-order valence-corrected chi connectivity index (χ1v) is 8.86. The molecular formula is C13H16F3N3O4S. The van der Waals surface area contributed by atoms with Crippen molar-refractivity contribution in [1.82, 2.24) is 15.1 Å². The molecule has 1 unspecified atom stereocenters. The van der Waals surface area contributed by atoms with Gasteiger partial charge in [0.1, 0.15) is 0 Å². The fraction of sp³-hybridized carbons (Fsp3) is 0.692. The number of hydrogen-bond donors (Lipinski definition) is 1. The Morgan fingerprint density at radius 1 is 1.38 bits per heavy atom. The molecular weight excluding hydrogens is 351 g/mol. The van der Waals surface area contributed by atoms with Gasteiger partial charge in [-0.25, -0.2) is 8.42 Å². The van der Waals surface area contributed by atoms with Crippen molar-refractivity contribution in [2.45, 2.75) is 41.5 Å². The van der Waals surface area contributed by atoms with E-state index >= 15 is 0 Å². The van der Waals surface area contributed by atoms with Crippen LogP contribution >= 0.6 is 0 Å². The van der Waals surface area contributed by atoms with E-state index in [2.05, 4.69) is 10.4 Å². The first-order valence-electron chi connectivity index (χ1n) is 7.32. The van der Waals surface area contributed by atoms with E-state index in [0.717, 1.165) is 7.05 Å². The highest BCUT2D eigenvalue weighted by atomic mass is 32.2. The normalized spacial score (nSPS) is 24.7. The van der Waals surface area contributed by atoms with Crippen molar-refractivity contribution in [2.75, 3.05) is 13.1 Å². The van der Waals surface area contributed by atoms with Crippen LogP contribution in [0, 0.1) is 0 Å². The quantitative estimate of drug-likeness (QED) is 0.826. The Balaban J connectivity index is 1.94. The van der Waals surface area contributed by atoms with Crippen LogP contribution in [-0.2, 0) is 32.6 Å². The Labute approximate surface area is 136 Å². The second-order valence-corrected chi connectivity index (χ2v) is 8.00. The van der Waals surface area contributed by atoms with Gasteiger partial charge in [-0.3, -0.25) is 9.48 Å². The Hall–Kier alpha value is -1.46. The number of sulfone groups is 1. The predicted octanol–water partition coefficient (Wildman–Crippen LogP) is 0.650. The van der Waals surface area contributed by atoms with Crippen molar-refractivity contribution >= 4 is 15.6 Å². The van der Waals surface area contributed by atoms with E-state index in [1.165, 1.54) is 0 Å². The van der Waals surface area contributed by atoms with Gasteiger partial charge in [0.25, 0.3) is 0 Å². The minimum atomic E-state index is -4.78. The molecule has 1 aromatic heterocycles. The van der Waals surface area contributed by atoms with Gasteiger partial charge in [0, 0.05) is 19.5 Å². The molecule has 0 aliphatic carbocycles. The fourth-order valence-electron chi connectivity index (χ4n) is 3.11. The Morgan fingerprint density at radius 3 is 2.54 bits per heavy atom. The van der Waals surface area contributed by atoms with Gasteiger partial charge in [-0.1, -0.05) is 0 Å². The number of rotatable bonds is 2. The lowest BCUT2D eigenvalue weighted by atomic mass is 9.89. The van der Waals surface area contributed by atoms with Gasteiger partial charge < -0.3 is 10.1 Å². The van der Waals surface area contributed by atoms with E-state index < -0.39 is 43.6 Å². The largest absolute Gasteiger partial charge is 0.435 e. The number of nitrogens with zero attached hydrogens (tertiary/aromatic N) is 2. The molecule has 1 spiro atoms. The van der Waals surface area contributed by atoms with Crippen molar-refractivity contribution in [3.63, 3.8) is 0 Å². The van der Waals surface area contributed by atoms with Crippen molar-refractivity contribution < 1.29 is 31.1 Å². The Bertz CT molecular complexity index is 766. The van der Waals surface area contributed by atoms with E-state index in [1.807, 2.05) is 0 Å². The molecule has 3 rings (SSSR count). The number of Topliss-reactive ketones (excluding diaryl/α,β-unsaturated/α-hetero) is 1. The zero-order valence-electron chi connectivity index (χ0n) is 12.8. The van der Waals surface area contributed by atoms with Crippen LogP contribution in [0.3, 0.4) is 0 Å². The summed E-state index contributed by atoms with van der Waals surface area (Å²) in [5.41, 5.74) is -3.97. The number of piperidine rings is 1. The molecule has 2 fully saturated rings. The first-order chi connectivity index (χ1) is 11.1. The van der Waals surface area contributed by atoms with E-state index in [-0.39, 0.29) is 6.42 Å². The van der Waals surface area contributed by atoms with Crippen LogP contribution < -0.4 is 5.32 Å². The van der Waals surface area contributed by atoms with Gasteiger partial charge in [-0.15, -0.1) is 0 Å². The third-order valence-corrected chi connectivity index (χ3v) is 6.22. The molecule has 0 radical (unpaired) electrons. The summed E-state index contributed by atoms with van der Waals surface area (Å²) in [7, 11) is -3.34. The molecule has 11 heteroatoms. The Morgan fingerprint density at radius 2 is 2.00 bits per heavy atom. The van der Waals surface area contributed by atoms with Crippen LogP contribution in [0.1, 0.15) is 25.0 Å². The number of nitrogens with one attached hydrogen (secondary N) is 1. The van der Waals surface area contributed by atoms with Crippen molar-refractivity contribution in [1.29, 1.82) is 0 Å². The summed E-state index contributed by atoms with van der Waals surface area (Å²) in [4.78, 5) is 12.2. The molecule has 3 heterocycles. The van der Waals surface area contributed by atoms with Crippen LogP contribution in [0.25, 0.3) is 0 Å². The highest BCUT2D eigenvalue weighted by molar-refractivity contribution is 7.92. The molecule has 2 saturated heterocycles. The number of halogens is 3. The predicted molar refractivity (Wildman–Crippen MR) is 74.7 cm³/mol. The maximum Gasteiger partial charge on any atom is 0.435 e. The van der Waals surface area contributed by atoms with Crippen molar-refractivity contribution in [3.8, 4) is 0 Å². The summed E-state index contributed by atoms with van der Waals surface area (Å²) in [6.07, 6.45) is -3.88. The van der Waals surface area contributed by atoms with E-state index in [0.29, 0.717) is 36.7 Å². The average Bonchev–Trinajstić information content (AvgIpc) is 3.01. The number of carbonyl (C=O) groups excluding carboxylic acids is 1. The number of ether oxygens (including phenoxy) is 1. The summed E-state index contributed by atoms with van der Waals surface area (Å²) in [6.45, 7) is 1.17. The molecule has 0 aromatic carbocycles. The lowest BCUT2D eigenvalue weighted by molar-refractivity contribution is -0.141. The third-order valence-electron chi connectivity index (χ3n) is 4.33. The van der Waals surface area contributed by atoms with Gasteiger partial charge in [0.05, 0.1) is 5.60 Å². The standard InChI is InChI=1S/C13H16F3N3O4S/c1-19-10(6-9(18-19)13(14,15)16)24(21,22)11-8(20)7-12(23-11)2-4-17-5-3-12/h6,11,17H,2-5,7H2,1H3. The molecule has 1 aromatic rings. The molecule has 24 heavy (non-hydrogen) atoms. The van der Waals surface area contributed by atoms with Crippen LogP contribution in [0.5, 0.6) is 0 Å². The SMILES string of the molecule is Cn1nc(C(F)(F)F)cc1S(=O)(=O)C1OC2(CCNCC2)CC1=O. The van der Waals surface area contributed by atoms with E-state index in [9.17, 15) is 26.4 Å². The summed E-state index contributed by atoms with van der Waals surface area (Å²) in [5.74, 6) is -0.633. The average molecular weight is 367 g/mol. The van der Waals surface area contributed by atoms with Crippen molar-refractivity contribution in [2.24, 2.45) is 7.05 Å². The van der Waals surface area contributed by atoms with Crippen molar-refractivity contribution in [3.05, 3.63) is 11.8 Å². The van der Waals surface area contributed by atoms with E-state index in [1.54, 1.807) is 0 Å². The number of carbonyl (C=O) groups is 1. The zero-order valence-corrected chi connectivity index (χ0v) is 13.6. The third kappa shape index (κ3) is 2.84. The smallest absolute Gasteiger partial charge is 0.347 e. The van der Waals surface area contributed by atoms with Gasteiger partial charge in [0.2, 0.25) is 15.3 Å². The second-order valence-electron chi connectivity index (χ2n) is 6.06. The molecule has 0 bridgehead atoms. The van der Waals surface area contributed by atoms with Crippen LogP contribution in [0.15, 0.2) is 11.1 Å². The minimum absolute atomic E-state index is 0.0530. The molecule has 7 nitrogen and oxygen atoms in total. The lowest BCUT2D eigenvalue weighted by Gasteiger charge is -2.32. The van der Waals surface area contributed by atoms with E-state index in [4.69, 9.17) is 4.74 Å². The molecule has 1 atom stereocenters. The van der Waals surface area contributed by atoms with Crippen LogP contribution in [0.4, 0.5) is 13.2 Å². The summed E-state index contributed by atoms with van der Waals surface area (Å²) in [6, 6.07) is 0.430. The molecule has 2 aliphatic rings. The summed E-state index contributed by atoms with van der Waals surface area (Å²) >= 11 is 0. The summed E-state index contributed by atoms with van der Waals surface area (Å²) < 4.78 is 69.7.